The summed E-state index contributed by atoms with van der Waals surface area (Å²) in [6.07, 6.45) is 1.83. The largest absolute Gasteiger partial charge is 0.353 e. The van der Waals surface area contributed by atoms with Crippen LogP contribution in [0.4, 0.5) is 5.82 Å². The Hall–Kier alpha value is -3.09. The fourth-order valence-corrected chi connectivity index (χ4v) is 3.24. The van der Waals surface area contributed by atoms with Crippen molar-refractivity contribution in [2.75, 3.05) is 44.7 Å². The summed E-state index contributed by atoms with van der Waals surface area (Å²) < 4.78 is 0. The average Bonchev–Trinajstić information content (AvgIpc) is 2.76. The SMILES string of the molecule is CCNC(=O)c1ccc(CNC(=NC)N2CCN(c3ccccn3)CC2)cc1. The van der Waals surface area contributed by atoms with Crippen LogP contribution in [0.3, 0.4) is 0 Å². The molecule has 0 radical (unpaired) electrons. The van der Waals surface area contributed by atoms with Crippen LogP contribution in [0.2, 0.25) is 0 Å². The number of hydrogen-bond donors (Lipinski definition) is 2. The number of aromatic nitrogens is 1. The van der Waals surface area contributed by atoms with Crippen molar-refractivity contribution < 1.29 is 4.79 Å². The van der Waals surface area contributed by atoms with Crippen LogP contribution in [0.15, 0.2) is 53.7 Å². The molecule has 1 aliphatic rings. The number of guanidine groups is 1. The number of amides is 1. The molecule has 0 aliphatic carbocycles. The van der Waals surface area contributed by atoms with Gasteiger partial charge in [0.1, 0.15) is 5.82 Å². The fraction of sp³-hybridized carbons (Fsp3) is 0.381. The molecule has 3 rings (SSSR count). The molecule has 2 heterocycles. The van der Waals surface area contributed by atoms with Crippen molar-refractivity contribution in [3.05, 3.63) is 59.8 Å². The maximum Gasteiger partial charge on any atom is 0.251 e. The lowest BCUT2D eigenvalue weighted by atomic mass is 10.1. The summed E-state index contributed by atoms with van der Waals surface area (Å²) in [5, 5.41) is 6.24. The van der Waals surface area contributed by atoms with Crippen LogP contribution in [0.25, 0.3) is 0 Å². The van der Waals surface area contributed by atoms with Crippen LogP contribution in [0, 0.1) is 0 Å². The third-order valence-electron chi connectivity index (χ3n) is 4.77. The normalized spacial score (nSPS) is 14.7. The first-order valence-electron chi connectivity index (χ1n) is 9.70. The molecular weight excluding hydrogens is 352 g/mol. The zero-order valence-electron chi connectivity index (χ0n) is 16.6. The van der Waals surface area contributed by atoms with Gasteiger partial charge in [-0.2, -0.15) is 0 Å². The van der Waals surface area contributed by atoms with Gasteiger partial charge in [0.05, 0.1) is 0 Å². The van der Waals surface area contributed by atoms with Gasteiger partial charge in [0, 0.05) is 58.1 Å². The van der Waals surface area contributed by atoms with E-state index in [-0.39, 0.29) is 5.91 Å². The number of benzene rings is 1. The van der Waals surface area contributed by atoms with E-state index in [0.29, 0.717) is 18.7 Å². The van der Waals surface area contributed by atoms with E-state index in [4.69, 9.17) is 0 Å². The summed E-state index contributed by atoms with van der Waals surface area (Å²) in [5.74, 6) is 1.88. The Kier molecular flexibility index (Phi) is 6.84. The number of pyridine rings is 1. The minimum Gasteiger partial charge on any atom is -0.353 e. The van der Waals surface area contributed by atoms with E-state index in [1.54, 1.807) is 0 Å². The molecular formula is C21H28N6O. The molecule has 0 bridgehead atoms. The first-order chi connectivity index (χ1) is 13.7. The lowest BCUT2D eigenvalue weighted by molar-refractivity contribution is 0.0956. The van der Waals surface area contributed by atoms with Gasteiger partial charge in [-0.05, 0) is 36.8 Å². The highest BCUT2D eigenvalue weighted by Crippen LogP contribution is 2.12. The predicted molar refractivity (Wildman–Crippen MR) is 113 cm³/mol. The molecule has 2 N–H and O–H groups in total. The molecule has 1 aromatic heterocycles. The topological polar surface area (TPSA) is 72.9 Å². The van der Waals surface area contributed by atoms with Crippen LogP contribution >= 0.6 is 0 Å². The molecule has 1 fully saturated rings. The lowest BCUT2D eigenvalue weighted by Crippen LogP contribution is -2.52. The number of carbonyl (C=O) groups is 1. The highest BCUT2D eigenvalue weighted by molar-refractivity contribution is 5.94. The van der Waals surface area contributed by atoms with Gasteiger partial charge in [-0.15, -0.1) is 0 Å². The van der Waals surface area contributed by atoms with Gasteiger partial charge in [0.25, 0.3) is 5.91 Å². The van der Waals surface area contributed by atoms with Crippen LogP contribution < -0.4 is 15.5 Å². The summed E-state index contributed by atoms with van der Waals surface area (Å²) in [6.45, 7) is 6.84. The Balaban J connectivity index is 1.51. The molecule has 1 aromatic carbocycles. The van der Waals surface area contributed by atoms with Crippen molar-refractivity contribution in [1.29, 1.82) is 0 Å². The van der Waals surface area contributed by atoms with Crippen molar-refractivity contribution in [2.45, 2.75) is 13.5 Å². The Morgan fingerprint density at radius 1 is 1.07 bits per heavy atom. The minimum atomic E-state index is -0.0383. The summed E-state index contributed by atoms with van der Waals surface area (Å²) >= 11 is 0. The second kappa shape index (κ2) is 9.73. The molecule has 7 nitrogen and oxygen atoms in total. The zero-order chi connectivity index (χ0) is 19.8. The molecule has 7 heteroatoms. The average molecular weight is 380 g/mol. The van der Waals surface area contributed by atoms with Gasteiger partial charge in [0.2, 0.25) is 0 Å². The molecule has 1 aliphatic heterocycles. The van der Waals surface area contributed by atoms with Crippen molar-refractivity contribution in [3.8, 4) is 0 Å². The van der Waals surface area contributed by atoms with E-state index < -0.39 is 0 Å². The van der Waals surface area contributed by atoms with E-state index >= 15 is 0 Å². The smallest absolute Gasteiger partial charge is 0.251 e. The molecule has 0 unspecified atom stereocenters. The van der Waals surface area contributed by atoms with Gasteiger partial charge < -0.3 is 20.4 Å². The van der Waals surface area contributed by atoms with E-state index in [0.717, 1.165) is 43.5 Å². The zero-order valence-corrected chi connectivity index (χ0v) is 16.6. The van der Waals surface area contributed by atoms with Gasteiger partial charge in [-0.25, -0.2) is 4.98 Å². The monoisotopic (exact) mass is 380 g/mol. The number of hydrogen-bond acceptors (Lipinski definition) is 4. The number of rotatable bonds is 5. The van der Waals surface area contributed by atoms with Gasteiger partial charge in [-0.1, -0.05) is 18.2 Å². The number of nitrogens with zero attached hydrogens (tertiary/aromatic N) is 4. The molecule has 0 atom stereocenters. The van der Waals surface area contributed by atoms with Gasteiger partial charge >= 0.3 is 0 Å². The Labute approximate surface area is 166 Å². The van der Waals surface area contributed by atoms with Crippen LogP contribution in [-0.4, -0.2) is 61.5 Å². The maximum absolute atomic E-state index is 11.8. The first-order valence-corrected chi connectivity index (χ1v) is 9.70. The molecule has 2 aromatic rings. The molecule has 1 amide bonds. The Bertz CT molecular complexity index is 782. The third kappa shape index (κ3) is 5.00. The Morgan fingerprint density at radius 2 is 1.82 bits per heavy atom. The van der Waals surface area contributed by atoms with Gasteiger partial charge in [0.15, 0.2) is 5.96 Å². The summed E-state index contributed by atoms with van der Waals surface area (Å²) in [6, 6.07) is 13.7. The second-order valence-electron chi connectivity index (χ2n) is 6.62. The van der Waals surface area contributed by atoms with Crippen LogP contribution in [0.5, 0.6) is 0 Å². The quantitative estimate of drug-likeness (QED) is 0.611. The van der Waals surface area contributed by atoms with E-state index in [9.17, 15) is 4.79 Å². The highest BCUT2D eigenvalue weighted by Gasteiger charge is 2.20. The Morgan fingerprint density at radius 3 is 2.43 bits per heavy atom. The molecule has 148 valence electrons. The van der Waals surface area contributed by atoms with E-state index in [2.05, 4.69) is 30.4 Å². The van der Waals surface area contributed by atoms with Crippen molar-refractivity contribution in [1.82, 2.24) is 20.5 Å². The summed E-state index contributed by atoms with van der Waals surface area (Å²) in [5.41, 5.74) is 1.79. The minimum absolute atomic E-state index is 0.0383. The second-order valence-corrected chi connectivity index (χ2v) is 6.62. The summed E-state index contributed by atoms with van der Waals surface area (Å²) in [7, 11) is 1.81. The lowest BCUT2D eigenvalue weighted by Gasteiger charge is -2.37. The van der Waals surface area contributed by atoms with E-state index in [1.807, 2.05) is 62.6 Å². The first kappa shape index (κ1) is 19.7. The van der Waals surface area contributed by atoms with Crippen molar-refractivity contribution >= 4 is 17.7 Å². The number of carbonyl (C=O) groups excluding carboxylic acids is 1. The van der Waals surface area contributed by atoms with E-state index in [1.165, 1.54) is 0 Å². The number of piperazine rings is 1. The number of aliphatic imine (C=N–C) groups is 1. The number of nitrogens with one attached hydrogen (secondary N) is 2. The van der Waals surface area contributed by atoms with Crippen LogP contribution in [0.1, 0.15) is 22.8 Å². The molecule has 0 saturated carbocycles. The maximum atomic E-state index is 11.8. The molecule has 0 spiro atoms. The van der Waals surface area contributed by atoms with Crippen molar-refractivity contribution in [2.24, 2.45) is 4.99 Å². The highest BCUT2D eigenvalue weighted by atomic mass is 16.1. The molecule has 28 heavy (non-hydrogen) atoms. The fourth-order valence-electron chi connectivity index (χ4n) is 3.24. The van der Waals surface area contributed by atoms with Crippen LogP contribution in [-0.2, 0) is 6.54 Å². The van der Waals surface area contributed by atoms with Crippen molar-refractivity contribution in [3.63, 3.8) is 0 Å². The third-order valence-corrected chi connectivity index (χ3v) is 4.77. The number of anilines is 1. The predicted octanol–water partition coefficient (Wildman–Crippen LogP) is 1.73. The molecule has 1 saturated heterocycles. The standard InChI is InChI=1S/C21H28N6O/c1-3-23-20(28)18-9-7-17(8-10-18)16-25-21(22-2)27-14-12-26(13-15-27)19-6-4-5-11-24-19/h4-11H,3,12-16H2,1-2H3,(H,22,25)(H,23,28). The summed E-state index contributed by atoms with van der Waals surface area (Å²) in [4.78, 5) is 25.3. The van der Waals surface area contributed by atoms with Gasteiger partial charge in [-0.3, -0.25) is 9.79 Å².